The van der Waals surface area contributed by atoms with Crippen molar-refractivity contribution in [3.05, 3.63) is 0 Å². The highest BCUT2D eigenvalue weighted by Crippen LogP contribution is 2.25. The van der Waals surface area contributed by atoms with Gasteiger partial charge in [0.2, 0.25) is 11.8 Å². The van der Waals surface area contributed by atoms with Crippen LogP contribution in [0.15, 0.2) is 0 Å². The summed E-state index contributed by atoms with van der Waals surface area (Å²) in [5, 5.41) is 0. The standard InChI is InChI=1S/C17H31N3O2/c1-3-20(15-9-5-4-6-10-15)17(22)13(2)19-11-7-8-14(12-19)16(18)21/h13-15H,3-12H2,1-2H3,(H2,18,21)/t13-,14+/m1/s1. The number of carbonyl (C=O) groups is 2. The molecule has 126 valence electrons. The van der Waals surface area contributed by atoms with Gasteiger partial charge in [0.15, 0.2) is 0 Å². The van der Waals surface area contributed by atoms with Crippen LogP contribution >= 0.6 is 0 Å². The van der Waals surface area contributed by atoms with Crippen molar-refractivity contribution in [1.82, 2.24) is 9.80 Å². The molecule has 2 rings (SSSR count). The van der Waals surface area contributed by atoms with Gasteiger partial charge in [-0.2, -0.15) is 0 Å². The molecule has 1 heterocycles. The summed E-state index contributed by atoms with van der Waals surface area (Å²) in [7, 11) is 0. The van der Waals surface area contributed by atoms with E-state index in [1.165, 1.54) is 19.3 Å². The monoisotopic (exact) mass is 309 g/mol. The first kappa shape index (κ1) is 17.3. The maximum absolute atomic E-state index is 12.9. The van der Waals surface area contributed by atoms with E-state index < -0.39 is 0 Å². The van der Waals surface area contributed by atoms with Gasteiger partial charge in [-0.1, -0.05) is 19.3 Å². The van der Waals surface area contributed by atoms with Gasteiger partial charge in [0.1, 0.15) is 0 Å². The van der Waals surface area contributed by atoms with Crippen LogP contribution in [0, 0.1) is 5.92 Å². The minimum atomic E-state index is -0.232. The second kappa shape index (κ2) is 7.95. The Balaban J connectivity index is 1.98. The fraction of sp³-hybridized carbons (Fsp3) is 0.882. The van der Waals surface area contributed by atoms with Crippen molar-refractivity contribution in [3.8, 4) is 0 Å². The number of amides is 2. The van der Waals surface area contributed by atoms with E-state index in [1.807, 2.05) is 6.92 Å². The van der Waals surface area contributed by atoms with E-state index in [2.05, 4.69) is 16.7 Å². The summed E-state index contributed by atoms with van der Waals surface area (Å²) in [6.45, 7) is 6.35. The molecular weight excluding hydrogens is 278 g/mol. The van der Waals surface area contributed by atoms with E-state index in [1.54, 1.807) is 0 Å². The molecule has 0 spiro atoms. The van der Waals surface area contributed by atoms with Gasteiger partial charge in [-0.05, 0) is 46.1 Å². The quantitative estimate of drug-likeness (QED) is 0.841. The van der Waals surface area contributed by atoms with Crippen LogP contribution in [-0.2, 0) is 9.59 Å². The largest absolute Gasteiger partial charge is 0.369 e. The molecule has 0 aromatic heterocycles. The molecule has 2 fully saturated rings. The fourth-order valence-electron chi connectivity index (χ4n) is 3.97. The summed E-state index contributed by atoms with van der Waals surface area (Å²) >= 11 is 0. The smallest absolute Gasteiger partial charge is 0.239 e. The van der Waals surface area contributed by atoms with E-state index in [-0.39, 0.29) is 23.8 Å². The summed E-state index contributed by atoms with van der Waals surface area (Å²) in [4.78, 5) is 28.6. The Morgan fingerprint density at radius 3 is 2.45 bits per heavy atom. The van der Waals surface area contributed by atoms with Crippen LogP contribution in [0.4, 0.5) is 0 Å². The highest BCUT2D eigenvalue weighted by atomic mass is 16.2. The number of carbonyl (C=O) groups excluding carboxylic acids is 2. The molecule has 22 heavy (non-hydrogen) atoms. The van der Waals surface area contributed by atoms with Gasteiger partial charge in [0, 0.05) is 19.1 Å². The maximum Gasteiger partial charge on any atom is 0.239 e. The minimum Gasteiger partial charge on any atom is -0.369 e. The SMILES string of the molecule is CCN(C(=O)[C@@H](C)N1CCC[C@H](C(N)=O)C1)C1CCCCC1. The average molecular weight is 309 g/mol. The molecular formula is C17H31N3O2. The predicted molar refractivity (Wildman–Crippen MR) is 87.2 cm³/mol. The molecule has 0 aromatic carbocycles. The lowest BCUT2D eigenvalue weighted by atomic mass is 9.93. The topological polar surface area (TPSA) is 66.6 Å². The second-order valence-electron chi connectivity index (χ2n) is 6.83. The highest BCUT2D eigenvalue weighted by molar-refractivity contribution is 5.82. The van der Waals surface area contributed by atoms with Gasteiger partial charge in [-0.3, -0.25) is 14.5 Å². The normalized spacial score (nSPS) is 25.6. The molecule has 2 N–H and O–H groups in total. The summed E-state index contributed by atoms with van der Waals surface area (Å²) < 4.78 is 0. The van der Waals surface area contributed by atoms with Gasteiger partial charge in [-0.15, -0.1) is 0 Å². The number of likely N-dealkylation sites (tertiary alicyclic amines) is 1. The Bertz CT molecular complexity index is 393. The van der Waals surface area contributed by atoms with Crippen LogP contribution < -0.4 is 5.73 Å². The number of hydrogen-bond donors (Lipinski definition) is 1. The van der Waals surface area contributed by atoms with Crippen molar-refractivity contribution in [2.45, 2.75) is 70.9 Å². The first-order valence-electron chi connectivity index (χ1n) is 8.88. The van der Waals surface area contributed by atoms with E-state index >= 15 is 0 Å². The molecule has 1 saturated carbocycles. The van der Waals surface area contributed by atoms with E-state index in [0.717, 1.165) is 38.8 Å². The van der Waals surface area contributed by atoms with Crippen LogP contribution in [0.1, 0.15) is 58.8 Å². The zero-order valence-electron chi connectivity index (χ0n) is 14.1. The van der Waals surface area contributed by atoms with Gasteiger partial charge in [0.25, 0.3) is 0 Å². The average Bonchev–Trinajstić information content (AvgIpc) is 2.55. The number of rotatable bonds is 5. The van der Waals surface area contributed by atoms with Crippen molar-refractivity contribution < 1.29 is 9.59 Å². The third kappa shape index (κ3) is 4.00. The summed E-state index contributed by atoms with van der Waals surface area (Å²) in [5.41, 5.74) is 5.45. The third-order valence-corrected chi connectivity index (χ3v) is 5.40. The van der Waals surface area contributed by atoms with E-state index in [9.17, 15) is 9.59 Å². The molecule has 0 radical (unpaired) electrons. The minimum absolute atomic E-state index is 0.103. The third-order valence-electron chi connectivity index (χ3n) is 5.40. The van der Waals surface area contributed by atoms with Gasteiger partial charge < -0.3 is 10.6 Å². The highest BCUT2D eigenvalue weighted by Gasteiger charge is 2.33. The Kier molecular flexibility index (Phi) is 6.24. The van der Waals surface area contributed by atoms with Gasteiger partial charge in [0.05, 0.1) is 12.0 Å². The predicted octanol–water partition coefficient (Wildman–Crippen LogP) is 1.75. The van der Waals surface area contributed by atoms with Crippen molar-refractivity contribution >= 4 is 11.8 Å². The van der Waals surface area contributed by atoms with Crippen molar-refractivity contribution in [2.75, 3.05) is 19.6 Å². The molecule has 0 aromatic rings. The lowest BCUT2D eigenvalue weighted by Gasteiger charge is -2.40. The molecule has 0 unspecified atom stereocenters. The number of primary amides is 1. The van der Waals surface area contributed by atoms with Gasteiger partial charge >= 0.3 is 0 Å². The van der Waals surface area contributed by atoms with Crippen LogP contribution in [0.2, 0.25) is 0 Å². The molecule has 0 bridgehead atoms. The Morgan fingerprint density at radius 1 is 1.18 bits per heavy atom. The zero-order valence-corrected chi connectivity index (χ0v) is 14.1. The Labute approximate surface area is 134 Å². The Hall–Kier alpha value is -1.10. The molecule has 1 aliphatic carbocycles. The van der Waals surface area contributed by atoms with Crippen molar-refractivity contribution in [2.24, 2.45) is 11.7 Å². The van der Waals surface area contributed by atoms with Gasteiger partial charge in [-0.25, -0.2) is 0 Å². The molecule has 1 saturated heterocycles. The molecule has 2 amide bonds. The van der Waals surface area contributed by atoms with Crippen LogP contribution in [0.3, 0.4) is 0 Å². The number of nitrogens with two attached hydrogens (primary N) is 1. The number of likely N-dealkylation sites (N-methyl/N-ethyl adjacent to an activating group) is 1. The molecule has 2 aliphatic rings. The fourth-order valence-corrected chi connectivity index (χ4v) is 3.97. The first-order chi connectivity index (χ1) is 10.5. The summed E-state index contributed by atoms with van der Waals surface area (Å²) in [6.07, 6.45) is 7.83. The molecule has 5 heteroatoms. The van der Waals surface area contributed by atoms with E-state index in [4.69, 9.17) is 5.73 Å². The molecule has 5 nitrogen and oxygen atoms in total. The second-order valence-corrected chi connectivity index (χ2v) is 6.83. The molecule has 2 atom stereocenters. The van der Waals surface area contributed by atoms with Crippen molar-refractivity contribution in [1.29, 1.82) is 0 Å². The van der Waals surface area contributed by atoms with Crippen LogP contribution in [-0.4, -0.2) is 53.3 Å². The van der Waals surface area contributed by atoms with E-state index in [0.29, 0.717) is 12.6 Å². The Morgan fingerprint density at radius 2 is 1.86 bits per heavy atom. The summed E-state index contributed by atoms with van der Waals surface area (Å²) in [5.74, 6) is -0.114. The number of nitrogens with zero attached hydrogens (tertiary/aromatic N) is 2. The van der Waals surface area contributed by atoms with Crippen molar-refractivity contribution in [3.63, 3.8) is 0 Å². The zero-order chi connectivity index (χ0) is 16.1. The summed E-state index contributed by atoms with van der Waals surface area (Å²) in [6, 6.07) is 0.259. The number of piperidine rings is 1. The van der Waals surface area contributed by atoms with Crippen LogP contribution in [0.25, 0.3) is 0 Å². The number of hydrogen-bond acceptors (Lipinski definition) is 3. The molecule has 1 aliphatic heterocycles. The first-order valence-corrected chi connectivity index (χ1v) is 8.88. The maximum atomic E-state index is 12.9. The lowest BCUT2D eigenvalue weighted by molar-refractivity contribution is -0.141. The lowest BCUT2D eigenvalue weighted by Crippen LogP contribution is -2.54. The van der Waals surface area contributed by atoms with Crippen LogP contribution in [0.5, 0.6) is 0 Å².